The molecule has 2 aromatic carbocycles. The van der Waals surface area contributed by atoms with E-state index in [9.17, 15) is 24.5 Å². The highest BCUT2D eigenvalue weighted by Gasteiger charge is 2.37. The summed E-state index contributed by atoms with van der Waals surface area (Å²) in [6.07, 6.45) is 1.24. The van der Waals surface area contributed by atoms with Gasteiger partial charge in [-0.1, -0.05) is 17.7 Å². The Morgan fingerprint density at radius 3 is 2.61 bits per heavy atom. The van der Waals surface area contributed by atoms with Crippen molar-refractivity contribution in [1.29, 1.82) is 0 Å². The Morgan fingerprint density at radius 1 is 1.18 bits per heavy atom. The third-order valence-electron chi connectivity index (χ3n) is 3.89. The first-order valence-electron chi connectivity index (χ1n) is 7.81. The number of carbonyl (C=O) groups excluding carboxylic acids is 3. The summed E-state index contributed by atoms with van der Waals surface area (Å²) in [7, 11) is 1.41. The number of nitro benzene ring substituents is 1. The highest BCUT2D eigenvalue weighted by molar-refractivity contribution is 6.39. The van der Waals surface area contributed by atoms with Crippen LogP contribution in [-0.2, 0) is 9.59 Å². The number of benzene rings is 2. The van der Waals surface area contributed by atoms with Crippen molar-refractivity contribution in [3.05, 3.63) is 68.7 Å². The summed E-state index contributed by atoms with van der Waals surface area (Å²) in [5, 5.41) is 13.4. The molecule has 1 aliphatic rings. The van der Waals surface area contributed by atoms with Crippen molar-refractivity contribution in [3.8, 4) is 5.75 Å². The molecule has 10 heteroatoms. The van der Waals surface area contributed by atoms with Crippen LogP contribution in [-0.4, -0.2) is 29.9 Å². The number of barbiturate groups is 1. The molecule has 0 saturated carbocycles. The van der Waals surface area contributed by atoms with E-state index in [1.165, 1.54) is 37.5 Å². The lowest BCUT2D eigenvalue weighted by Gasteiger charge is -2.26. The molecule has 0 aliphatic carbocycles. The largest absolute Gasteiger partial charge is 0.496 e. The lowest BCUT2D eigenvalue weighted by atomic mass is 10.1. The van der Waals surface area contributed by atoms with Gasteiger partial charge >= 0.3 is 6.03 Å². The van der Waals surface area contributed by atoms with E-state index >= 15 is 0 Å². The number of nitrogens with one attached hydrogen (secondary N) is 1. The Balaban J connectivity index is 2.07. The van der Waals surface area contributed by atoms with Crippen LogP contribution >= 0.6 is 11.6 Å². The average Bonchev–Trinajstić information content (AvgIpc) is 2.65. The number of anilines is 1. The van der Waals surface area contributed by atoms with E-state index in [-0.39, 0.29) is 16.9 Å². The quantitative estimate of drug-likeness (QED) is 0.364. The van der Waals surface area contributed by atoms with Gasteiger partial charge in [0.25, 0.3) is 17.5 Å². The Hall–Kier alpha value is -3.72. The van der Waals surface area contributed by atoms with Crippen molar-refractivity contribution >= 4 is 46.9 Å². The second-order valence-corrected chi connectivity index (χ2v) is 6.06. The predicted octanol–water partition coefficient (Wildman–Crippen LogP) is 2.92. The van der Waals surface area contributed by atoms with Crippen LogP contribution in [0.15, 0.2) is 48.0 Å². The molecule has 1 saturated heterocycles. The highest BCUT2D eigenvalue weighted by Crippen LogP contribution is 2.28. The molecule has 0 bridgehead atoms. The minimum atomic E-state index is -1.01. The number of halogens is 1. The maximum Gasteiger partial charge on any atom is 0.335 e. The van der Waals surface area contributed by atoms with Gasteiger partial charge in [-0.2, -0.15) is 0 Å². The molecule has 0 unspecified atom stereocenters. The van der Waals surface area contributed by atoms with Gasteiger partial charge in [-0.05, 0) is 30.3 Å². The van der Waals surface area contributed by atoms with Gasteiger partial charge in [-0.3, -0.25) is 25.0 Å². The molecular formula is C18H12ClN3O6. The van der Waals surface area contributed by atoms with Crippen LogP contribution < -0.4 is 15.0 Å². The monoisotopic (exact) mass is 401 g/mol. The Morgan fingerprint density at radius 2 is 1.93 bits per heavy atom. The van der Waals surface area contributed by atoms with Crippen molar-refractivity contribution in [3.63, 3.8) is 0 Å². The van der Waals surface area contributed by atoms with Gasteiger partial charge in [0.2, 0.25) is 0 Å². The molecular weight excluding hydrogens is 390 g/mol. The Kier molecular flexibility index (Phi) is 5.10. The summed E-state index contributed by atoms with van der Waals surface area (Å²) in [4.78, 5) is 48.2. The number of carbonyl (C=O) groups is 3. The van der Waals surface area contributed by atoms with Gasteiger partial charge < -0.3 is 4.74 Å². The number of urea groups is 1. The number of hydrogen-bond donors (Lipinski definition) is 1. The fourth-order valence-corrected chi connectivity index (χ4v) is 2.79. The second-order valence-electron chi connectivity index (χ2n) is 5.62. The van der Waals surface area contributed by atoms with E-state index in [0.29, 0.717) is 21.2 Å². The van der Waals surface area contributed by atoms with E-state index in [1.54, 1.807) is 12.1 Å². The topological polar surface area (TPSA) is 119 Å². The van der Waals surface area contributed by atoms with Crippen molar-refractivity contribution < 1.29 is 24.0 Å². The molecule has 0 aromatic heterocycles. The summed E-state index contributed by atoms with van der Waals surface area (Å²) in [6.45, 7) is 0. The zero-order chi connectivity index (χ0) is 20.4. The van der Waals surface area contributed by atoms with Gasteiger partial charge in [0.05, 0.1) is 17.7 Å². The van der Waals surface area contributed by atoms with Gasteiger partial charge in [-0.15, -0.1) is 0 Å². The molecule has 1 fully saturated rings. The summed E-state index contributed by atoms with van der Waals surface area (Å²) in [5.74, 6) is -1.48. The standard InChI is InChI=1S/C18H12ClN3O6/c1-28-15-6-5-11(19)7-10(15)8-14-16(23)20-18(25)21(17(14)24)12-3-2-4-13(9-12)22(26)27/h2-9H,1H3,(H,20,23,25). The fraction of sp³-hybridized carbons (Fsp3) is 0.0556. The molecule has 1 N–H and O–H groups in total. The van der Waals surface area contributed by atoms with E-state index < -0.39 is 22.8 Å². The third-order valence-corrected chi connectivity index (χ3v) is 4.13. The number of rotatable bonds is 4. The molecule has 0 atom stereocenters. The zero-order valence-electron chi connectivity index (χ0n) is 14.3. The highest BCUT2D eigenvalue weighted by atomic mass is 35.5. The third kappa shape index (κ3) is 3.55. The first-order valence-corrected chi connectivity index (χ1v) is 8.19. The summed E-state index contributed by atoms with van der Waals surface area (Å²) in [5.41, 5.74) is -0.362. The van der Waals surface area contributed by atoms with Gasteiger partial charge in [0.15, 0.2) is 0 Å². The summed E-state index contributed by atoms with van der Waals surface area (Å²) >= 11 is 5.96. The molecule has 1 heterocycles. The van der Waals surface area contributed by atoms with Crippen LogP contribution in [0.25, 0.3) is 6.08 Å². The lowest BCUT2D eigenvalue weighted by Crippen LogP contribution is -2.54. The SMILES string of the molecule is COc1ccc(Cl)cc1C=C1C(=O)NC(=O)N(c2cccc([N+](=O)[O-])c2)C1=O. The summed E-state index contributed by atoms with van der Waals surface area (Å²) < 4.78 is 5.19. The van der Waals surface area contributed by atoms with E-state index in [1.807, 2.05) is 5.32 Å². The maximum atomic E-state index is 12.8. The van der Waals surface area contributed by atoms with Crippen LogP contribution in [0.1, 0.15) is 5.56 Å². The molecule has 4 amide bonds. The van der Waals surface area contributed by atoms with Gasteiger partial charge in [-0.25, -0.2) is 9.69 Å². The first kappa shape index (κ1) is 19.1. The minimum absolute atomic E-state index is 0.0480. The fourth-order valence-electron chi connectivity index (χ4n) is 2.61. The Bertz CT molecular complexity index is 1050. The van der Waals surface area contributed by atoms with Crippen LogP contribution in [0.5, 0.6) is 5.75 Å². The number of ether oxygens (including phenoxy) is 1. The molecule has 0 spiro atoms. The smallest absolute Gasteiger partial charge is 0.335 e. The first-order chi connectivity index (χ1) is 13.3. The zero-order valence-corrected chi connectivity index (χ0v) is 15.1. The summed E-state index contributed by atoms with van der Waals surface area (Å²) in [6, 6.07) is 8.56. The van der Waals surface area contributed by atoms with Gasteiger partial charge in [0, 0.05) is 22.7 Å². The number of methoxy groups -OCH3 is 1. The predicted molar refractivity (Wildman–Crippen MR) is 100 cm³/mol. The van der Waals surface area contributed by atoms with Crippen molar-refractivity contribution in [1.82, 2.24) is 5.32 Å². The van der Waals surface area contributed by atoms with Crippen LogP contribution in [0.3, 0.4) is 0 Å². The molecule has 9 nitrogen and oxygen atoms in total. The molecule has 2 aromatic rings. The number of imide groups is 2. The van der Waals surface area contributed by atoms with Crippen molar-refractivity contribution in [2.75, 3.05) is 12.0 Å². The second kappa shape index (κ2) is 7.49. The van der Waals surface area contributed by atoms with Gasteiger partial charge in [0.1, 0.15) is 11.3 Å². The number of hydrogen-bond acceptors (Lipinski definition) is 6. The van der Waals surface area contributed by atoms with Crippen molar-refractivity contribution in [2.45, 2.75) is 0 Å². The molecule has 28 heavy (non-hydrogen) atoms. The Labute approximate surface area is 163 Å². The maximum absolute atomic E-state index is 12.8. The van der Waals surface area contributed by atoms with E-state index in [4.69, 9.17) is 16.3 Å². The van der Waals surface area contributed by atoms with Crippen LogP contribution in [0, 0.1) is 10.1 Å². The van der Waals surface area contributed by atoms with Crippen LogP contribution in [0.4, 0.5) is 16.2 Å². The van der Waals surface area contributed by atoms with Crippen molar-refractivity contribution in [2.24, 2.45) is 0 Å². The molecule has 1 aliphatic heterocycles. The number of nitrogens with zero attached hydrogens (tertiary/aromatic N) is 2. The lowest BCUT2D eigenvalue weighted by molar-refractivity contribution is -0.384. The number of nitro groups is 1. The van der Waals surface area contributed by atoms with E-state index in [0.717, 1.165) is 6.07 Å². The van der Waals surface area contributed by atoms with Crippen LogP contribution in [0.2, 0.25) is 5.02 Å². The van der Waals surface area contributed by atoms with E-state index in [2.05, 4.69) is 0 Å². The number of amides is 4. The number of non-ortho nitro benzene ring substituents is 1. The molecule has 142 valence electrons. The normalized spacial score (nSPS) is 15.6. The minimum Gasteiger partial charge on any atom is -0.496 e. The average molecular weight is 402 g/mol. The molecule has 3 rings (SSSR count). The molecule has 0 radical (unpaired) electrons.